The summed E-state index contributed by atoms with van der Waals surface area (Å²) in [4.78, 5) is 139. The fraction of sp³-hybridized carbons (Fsp3) is 0.767. The number of likely N-dealkylation sites (N-methyl/N-ethyl adjacent to an activating group) is 2. The molecular weight excluding hydrogens is 943 g/mol. The third-order valence-corrected chi connectivity index (χ3v) is 9.74. The van der Waals surface area contributed by atoms with Crippen LogP contribution in [0, 0.1) is 0 Å². The molecule has 0 heterocycles. The molecular formula is C43H79N11O17. The first-order valence-corrected chi connectivity index (χ1v) is 23.0. The molecule has 0 aliphatic rings. The number of nitrogens with zero attached hydrogens (tertiary/aromatic N) is 8. The largest absolute Gasteiger partial charge is 0.392 e. The number of rotatable bonds is 34. The zero-order valence-corrected chi connectivity index (χ0v) is 42.4. The molecule has 0 bridgehead atoms. The van der Waals surface area contributed by atoms with Crippen LogP contribution in [-0.4, -0.2) is 302 Å². The van der Waals surface area contributed by atoms with Gasteiger partial charge < -0.3 is 91.3 Å². The summed E-state index contributed by atoms with van der Waals surface area (Å²) in [5.74, 6) is -8.27. The zero-order chi connectivity index (χ0) is 54.9. The molecule has 71 heavy (non-hydrogen) atoms. The van der Waals surface area contributed by atoms with E-state index in [4.69, 9.17) is 5.73 Å². The van der Waals surface area contributed by atoms with E-state index in [1.807, 2.05) is 0 Å². The van der Waals surface area contributed by atoms with Crippen molar-refractivity contribution in [2.75, 3.05) is 125 Å². The summed E-state index contributed by atoms with van der Waals surface area (Å²) in [5.41, 5.74) is 5.21. The molecule has 0 rings (SSSR count). The van der Waals surface area contributed by atoms with Gasteiger partial charge in [0, 0.05) is 52.9 Å². The third-order valence-electron chi connectivity index (χ3n) is 9.74. The van der Waals surface area contributed by atoms with Crippen LogP contribution in [0.4, 0.5) is 0 Å². The summed E-state index contributed by atoms with van der Waals surface area (Å²) < 4.78 is 0. The fourth-order valence-electron chi connectivity index (χ4n) is 6.71. The zero-order valence-electron chi connectivity index (χ0n) is 42.4. The molecule has 0 saturated heterocycles. The highest BCUT2D eigenvalue weighted by Crippen LogP contribution is 2.07. The van der Waals surface area contributed by atoms with Crippen LogP contribution in [0.5, 0.6) is 0 Å². The lowest BCUT2D eigenvalue weighted by atomic mass is 10.2. The van der Waals surface area contributed by atoms with Gasteiger partial charge in [-0.1, -0.05) is 0 Å². The predicted octanol–water partition coefficient (Wildman–Crippen LogP) is -8.27. The summed E-state index contributed by atoms with van der Waals surface area (Å²) in [7, 11) is 2.74. The van der Waals surface area contributed by atoms with Crippen molar-refractivity contribution in [3.05, 3.63) is 0 Å². The Morgan fingerprint density at radius 1 is 0.366 bits per heavy atom. The van der Waals surface area contributed by atoms with Crippen LogP contribution in [0.3, 0.4) is 0 Å². The SMILES string of the molecule is CNCC(=O)N(CC(=O)N(CC(=O)N(CC(=O)NCC(=O)N(CC(=O)N(CC(=O)N(CC(=O)N(C)CC(=O)N(CC(N)=O)CC(C)O)CC(C)O)CC(C)O)CC(C)O)CC(C)O)CC(C)O)CC(C)O. The number of carbonyl (C=O) groups is 10. The summed E-state index contributed by atoms with van der Waals surface area (Å²) in [6.07, 6.45) is -8.03. The molecule has 28 nitrogen and oxygen atoms in total. The highest BCUT2D eigenvalue weighted by molar-refractivity contribution is 5.94. The van der Waals surface area contributed by atoms with E-state index in [0.29, 0.717) is 0 Å². The fourth-order valence-corrected chi connectivity index (χ4v) is 6.71. The van der Waals surface area contributed by atoms with E-state index in [-0.39, 0.29) is 26.2 Å². The molecule has 0 aromatic carbocycles. The highest BCUT2D eigenvalue weighted by Gasteiger charge is 2.31. The van der Waals surface area contributed by atoms with E-state index in [0.717, 1.165) is 39.2 Å². The van der Waals surface area contributed by atoms with Gasteiger partial charge in [0.05, 0.1) is 108 Å². The lowest BCUT2D eigenvalue weighted by Crippen LogP contribution is -2.54. The Morgan fingerprint density at radius 3 is 0.887 bits per heavy atom. The minimum atomic E-state index is -1.23. The maximum absolute atomic E-state index is 13.8. The van der Waals surface area contributed by atoms with Crippen LogP contribution in [-0.2, 0) is 47.9 Å². The van der Waals surface area contributed by atoms with Gasteiger partial charge in [0.1, 0.15) is 0 Å². The maximum atomic E-state index is 13.8. The molecule has 0 aliphatic heterocycles. The first kappa shape index (κ1) is 65.4. The van der Waals surface area contributed by atoms with Crippen molar-refractivity contribution in [1.82, 2.24) is 49.8 Å². The molecule has 0 aromatic heterocycles. The van der Waals surface area contributed by atoms with E-state index in [1.54, 1.807) is 0 Å². The first-order chi connectivity index (χ1) is 32.9. The molecule has 0 fully saturated rings. The Kier molecular flexibility index (Phi) is 30.5. The minimum Gasteiger partial charge on any atom is -0.392 e. The molecule has 0 saturated carbocycles. The van der Waals surface area contributed by atoms with Gasteiger partial charge in [-0.15, -0.1) is 0 Å². The first-order valence-electron chi connectivity index (χ1n) is 23.0. The molecule has 28 heteroatoms. The number of aliphatic hydroxyl groups is 7. The topological polar surface area (TPSA) is 388 Å². The molecule has 10 amide bonds. The molecule has 0 radical (unpaired) electrons. The Morgan fingerprint density at radius 2 is 0.606 bits per heavy atom. The van der Waals surface area contributed by atoms with Crippen LogP contribution in [0.1, 0.15) is 48.5 Å². The monoisotopic (exact) mass is 1020 g/mol. The van der Waals surface area contributed by atoms with Crippen molar-refractivity contribution in [3.8, 4) is 0 Å². The van der Waals surface area contributed by atoms with Gasteiger partial charge in [-0.25, -0.2) is 0 Å². The van der Waals surface area contributed by atoms with Gasteiger partial charge in [-0.05, 0) is 55.5 Å². The van der Waals surface area contributed by atoms with Crippen LogP contribution in [0.15, 0.2) is 0 Å². The van der Waals surface area contributed by atoms with Crippen molar-refractivity contribution >= 4 is 59.1 Å². The van der Waals surface area contributed by atoms with E-state index < -0.39 is 187 Å². The van der Waals surface area contributed by atoms with Crippen LogP contribution in [0.2, 0.25) is 0 Å². The summed E-state index contributed by atoms with van der Waals surface area (Å²) in [6, 6.07) is 0. The molecule has 0 aromatic rings. The van der Waals surface area contributed by atoms with Crippen LogP contribution in [0.25, 0.3) is 0 Å². The van der Waals surface area contributed by atoms with E-state index in [1.165, 1.54) is 62.6 Å². The second-order valence-corrected chi connectivity index (χ2v) is 17.9. The minimum absolute atomic E-state index is 0.164. The number of nitrogens with two attached hydrogens (primary N) is 1. The average Bonchev–Trinajstić information content (AvgIpc) is 3.22. The summed E-state index contributed by atoms with van der Waals surface area (Å²) >= 11 is 0. The molecule has 408 valence electrons. The second kappa shape index (κ2) is 33.1. The second-order valence-electron chi connectivity index (χ2n) is 17.9. The predicted molar refractivity (Wildman–Crippen MR) is 252 cm³/mol. The number of nitrogens with one attached hydrogen (secondary N) is 2. The Labute approximate surface area is 414 Å². The van der Waals surface area contributed by atoms with Crippen LogP contribution < -0.4 is 16.4 Å². The molecule has 7 atom stereocenters. The van der Waals surface area contributed by atoms with E-state index in [2.05, 4.69) is 10.6 Å². The normalized spacial score (nSPS) is 14.0. The number of hydrogen-bond acceptors (Lipinski definition) is 18. The van der Waals surface area contributed by atoms with Crippen molar-refractivity contribution in [3.63, 3.8) is 0 Å². The smallest absolute Gasteiger partial charge is 0.242 e. The third kappa shape index (κ3) is 28.1. The summed E-state index contributed by atoms with van der Waals surface area (Å²) in [6.45, 7) is 0.322. The van der Waals surface area contributed by atoms with Crippen molar-refractivity contribution in [1.29, 1.82) is 0 Å². The lowest BCUT2D eigenvalue weighted by molar-refractivity contribution is -0.148. The van der Waals surface area contributed by atoms with Crippen LogP contribution >= 0.6 is 0 Å². The van der Waals surface area contributed by atoms with Gasteiger partial charge in [0.2, 0.25) is 59.1 Å². The number of hydrogen-bond donors (Lipinski definition) is 10. The van der Waals surface area contributed by atoms with Gasteiger partial charge >= 0.3 is 0 Å². The van der Waals surface area contributed by atoms with E-state index >= 15 is 0 Å². The van der Waals surface area contributed by atoms with Crippen molar-refractivity contribution in [2.45, 2.75) is 91.2 Å². The molecule has 0 spiro atoms. The number of carbonyl (C=O) groups excluding carboxylic acids is 10. The quantitative estimate of drug-likeness (QED) is 0.0286. The molecule has 7 unspecified atom stereocenters. The number of primary amides is 1. The lowest BCUT2D eigenvalue weighted by Gasteiger charge is -2.32. The Bertz CT molecular complexity index is 1770. The number of amides is 10. The van der Waals surface area contributed by atoms with Crippen molar-refractivity contribution in [2.24, 2.45) is 5.73 Å². The highest BCUT2D eigenvalue weighted by atomic mass is 16.3. The molecule has 11 N–H and O–H groups in total. The summed E-state index contributed by atoms with van der Waals surface area (Å²) in [5, 5.41) is 75.6. The van der Waals surface area contributed by atoms with Gasteiger partial charge in [-0.3, -0.25) is 47.9 Å². The molecule has 0 aliphatic carbocycles. The maximum Gasteiger partial charge on any atom is 0.242 e. The van der Waals surface area contributed by atoms with Gasteiger partial charge in [-0.2, -0.15) is 0 Å². The standard InChI is InChI=1S/C43H79N11O17/c1-27(55)12-48(19-34(44)62)39(67)21-47(9)38(66)22-52(16-31(5)59)43(71)26-54(18-33(7)61)42(70)24-51(15-30(4)58)37(65)11-46-35(63)20-49(13-28(2)56)40(68)25-53(17-32(6)60)41(69)23-50(14-29(3)57)36(64)10-45-8/h27-33,45,55-61H,10-26H2,1-9H3,(H2,44,62)(H,46,63). The Hall–Kier alpha value is -5.62. The Balaban J connectivity index is 6.19. The van der Waals surface area contributed by atoms with Crippen molar-refractivity contribution < 1.29 is 83.7 Å². The van der Waals surface area contributed by atoms with Gasteiger partial charge in [0.25, 0.3) is 0 Å². The number of aliphatic hydroxyl groups excluding tert-OH is 7. The average molecular weight is 1020 g/mol. The van der Waals surface area contributed by atoms with Gasteiger partial charge in [0.15, 0.2) is 0 Å². The van der Waals surface area contributed by atoms with E-state index in [9.17, 15) is 83.7 Å².